The fraction of sp³-hybridized carbons (Fsp3) is 0.364. The Morgan fingerprint density at radius 3 is 2.61 bits per heavy atom. The maximum absolute atomic E-state index is 12.5. The summed E-state index contributed by atoms with van der Waals surface area (Å²) in [6.45, 7) is 4.35. The van der Waals surface area contributed by atoms with Crippen molar-refractivity contribution in [2.24, 2.45) is 0 Å². The molecule has 4 rings (SSSR count). The van der Waals surface area contributed by atoms with Gasteiger partial charge >= 0.3 is 0 Å². The van der Waals surface area contributed by atoms with Gasteiger partial charge in [0.25, 0.3) is 0 Å². The largest absolute Gasteiger partial charge is 0.299 e. The summed E-state index contributed by atoms with van der Waals surface area (Å²) in [7, 11) is 0. The Morgan fingerprint density at radius 2 is 1.96 bits per heavy atom. The highest BCUT2D eigenvalue weighted by Gasteiger charge is 2.30. The zero-order valence-electron chi connectivity index (χ0n) is 16.2. The first kappa shape index (κ1) is 18.9. The van der Waals surface area contributed by atoms with Crippen LogP contribution in [0, 0.1) is 0 Å². The Bertz CT molecular complexity index is 946. The lowest BCUT2D eigenvalue weighted by molar-refractivity contribution is -0.116. The van der Waals surface area contributed by atoms with Crippen LogP contribution >= 0.6 is 11.8 Å². The number of carbonyl (C=O) groups is 1. The second-order valence-corrected chi connectivity index (χ2v) is 8.49. The molecule has 0 radical (unpaired) electrons. The second-order valence-electron chi connectivity index (χ2n) is 7.55. The van der Waals surface area contributed by atoms with Crippen molar-refractivity contribution >= 4 is 17.5 Å². The molecule has 6 heteroatoms. The maximum Gasteiger partial charge on any atom is 0.192 e. The molecule has 2 aromatic heterocycles. The Kier molecular flexibility index (Phi) is 5.57. The lowest BCUT2D eigenvalue weighted by Gasteiger charge is -2.09. The molecule has 1 fully saturated rings. The average Bonchev–Trinajstić information content (AvgIpc) is 3.46. The number of nitrogens with zero attached hydrogens (tertiary/aromatic N) is 4. The minimum absolute atomic E-state index is 0.204. The topological polar surface area (TPSA) is 60.7 Å². The molecule has 28 heavy (non-hydrogen) atoms. The van der Waals surface area contributed by atoms with Crippen LogP contribution in [0.1, 0.15) is 49.8 Å². The fourth-order valence-electron chi connectivity index (χ4n) is 3.17. The van der Waals surface area contributed by atoms with E-state index >= 15 is 0 Å². The summed E-state index contributed by atoms with van der Waals surface area (Å²) in [5, 5.41) is 9.56. The quantitative estimate of drug-likeness (QED) is 0.520. The van der Waals surface area contributed by atoms with Crippen molar-refractivity contribution in [2.75, 3.05) is 5.75 Å². The van der Waals surface area contributed by atoms with Crippen LogP contribution in [0.4, 0.5) is 0 Å². The number of aromatic nitrogens is 4. The fourth-order valence-corrected chi connectivity index (χ4v) is 4.04. The molecular weight excluding hydrogens is 368 g/mol. The number of rotatable bonds is 8. The summed E-state index contributed by atoms with van der Waals surface area (Å²) in [4.78, 5) is 16.7. The second kappa shape index (κ2) is 8.27. The number of hydrogen-bond acceptors (Lipinski definition) is 5. The summed E-state index contributed by atoms with van der Waals surface area (Å²) >= 11 is 1.49. The van der Waals surface area contributed by atoms with Crippen molar-refractivity contribution in [1.82, 2.24) is 19.7 Å². The molecule has 3 aromatic rings. The van der Waals surface area contributed by atoms with Gasteiger partial charge in [0.2, 0.25) is 0 Å². The van der Waals surface area contributed by atoms with E-state index in [2.05, 4.69) is 57.9 Å². The number of Topliss-reactive ketones (excluding diaryl/α,β-unsaturated/α-hetero) is 1. The number of hydrogen-bond donors (Lipinski definition) is 0. The van der Waals surface area contributed by atoms with Crippen LogP contribution in [0.15, 0.2) is 53.9 Å². The maximum atomic E-state index is 12.5. The first-order chi connectivity index (χ1) is 13.6. The highest BCUT2D eigenvalue weighted by Crippen LogP contribution is 2.40. The van der Waals surface area contributed by atoms with E-state index in [1.165, 1.54) is 17.3 Å². The van der Waals surface area contributed by atoms with Crippen molar-refractivity contribution in [1.29, 1.82) is 0 Å². The molecule has 0 bridgehead atoms. The molecular formula is C22H24N4OS. The number of benzene rings is 1. The van der Waals surface area contributed by atoms with E-state index in [0.29, 0.717) is 24.1 Å². The van der Waals surface area contributed by atoms with Gasteiger partial charge in [0.1, 0.15) is 5.78 Å². The molecule has 0 spiro atoms. The standard InChI is InChI=1S/C22H24N4OS/c1-15(2)17-7-5-16(6-8-17)12-20(27)14-28-22-25-24-21(26(22)19-9-10-19)18-4-3-11-23-13-18/h3-8,11,13,15,19H,9-10,12,14H2,1-2H3. The van der Waals surface area contributed by atoms with Crippen molar-refractivity contribution < 1.29 is 4.79 Å². The Labute approximate surface area is 169 Å². The van der Waals surface area contributed by atoms with Gasteiger partial charge in [-0.2, -0.15) is 0 Å². The normalized spacial score (nSPS) is 13.8. The number of carbonyl (C=O) groups excluding carboxylic acids is 1. The molecule has 2 heterocycles. The van der Waals surface area contributed by atoms with Gasteiger partial charge in [-0.3, -0.25) is 14.3 Å². The van der Waals surface area contributed by atoms with E-state index in [-0.39, 0.29) is 5.78 Å². The van der Waals surface area contributed by atoms with E-state index in [9.17, 15) is 4.79 Å². The van der Waals surface area contributed by atoms with E-state index in [4.69, 9.17) is 0 Å². The summed E-state index contributed by atoms with van der Waals surface area (Å²) in [5.74, 6) is 1.96. The van der Waals surface area contributed by atoms with Gasteiger partial charge in [0.15, 0.2) is 11.0 Å². The van der Waals surface area contributed by atoms with E-state index in [0.717, 1.165) is 34.9 Å². The van der Waals surface area contributed by atoms with E-state index < -0.39 is 0 Å². The number of thioether (sulfide) groups is 1. The lowest BCUT2D eigenvalue weighted by Crippen LogP contribution is -2.07. The van der Waals surface area contributed by atoms with Crippen LogP contribution in [0.5, 0.6) is 0 Å². The Balaban J connectivity index is 1.42. The van der Waals surface area contributed by atoms with E-state index in [1.807, 2.05) is 18.3 Å². The Hall–Kier alpha value is -2.47. The molecule has 0 atom stereocenters. The van der Waals surface area contributed by atoms with Crippen LogP contribution in [0.25, 0.3) is 11.4 Å². The van der Waals surface area contributed by atoms with Crippen LogP contribution in [-0.2, 0) is 11.2 Å². The molecule has 0 amide bonds. The Morgan fingerprint density at radius 1 is 1.18 bits per heavy atom. The number of pyridine rings is 1. The van der Waals surface area contributed by atoms with Crippen LogP contribution in [-0.4, -0.2) is 31.3 Å². The molecule has 0 aliphatic heterocycles. The van der Waals surface area contributed by atoms with Gasteiger partial charge in [0, 0.05) is 30.4 Å². The first-order valence-corrected chi connectivity index (χ1v) is 10.7. The SMILES string of the molecule is CC(C)c1ccc(CC(=O)CSc2nnc(-c3cccnc3)n2C2CC2)cc1. The first-order valence-electron chi connectivity index (χ1n) is 9.70. The van der Waals surface area contributed by atoms with Gasteiger partial charge in [-0.15, -0.1) is 10.2 Å². The van der Waals surface area contributed by atoms with Gasteiger partial charge in [-0.25, -0.2) is 0 Å². The van der Waals surface area contributed by atoms with Crippen molar-refractivity contribution in [3.63, 3.8) is 0 Å². The third kappa shape index (κ3) is 4.33. The zero-order chi connectivity index (χ0) is 19.5. The molecule has 1 aliphatic rings. The van der Waals surface area contributed by atoms with Gasteiger partial charge in [-0.05, 0) is 42.0 Å². The zero-order valence-corrected chi connectivity index (χ0v) is 17.0. The predicted octanol–water partition coefficient (Wildman–Crippen LogP) is 4.70. The smallest absolute Gasteiger partial charge is 0.192 e. The molecule has 144 valence electrons. The third-order valence-electron chi connectivity index (χ3n) is 4.91. The highest BCUT2D eigenvalue weighted by atomic mass is 32.2. The molecule has 0 saturated heterocycles. The van der Waals surface area contributed by atoms with Crippen molar-refractivity contribution in [3.8, 4) is 11.4 Å². The molecule has 5 nitrogen and oxygen atoms in total. The van der Waals surface area contributed by atoms with Crippen LogP contribution < -0.4 is 0 Å². The predicted molar refractivity (Wildman–Crippen MR) is 111 cm³/mol. The summed E-state index contributed by atoms with van der Waals surface area (Å²) in [5.41, 5.74) is 3.33. The van der Waals surface area contributed by atoms with Crippen molar-refractivity contribution in [2.45, 2.75) is 50.2 Å². The minimum Gasteiger partial charge on any atom is -0.299 e. The molecule has 1 saturated carbocycles. The molecule has 1 aliphatic carbocycles. The van der Waals surface area contributed by atoms with Crippen molar-refractivity contribution in [3.05, 3.63) is 59.9 Å². The molecule has 0 unspecified atom stereocenters. The monoisotopic (exact) mass is 392 g/mol. The summed E-state index contributed by atoms with van der Waals surface area (Å²) in [6.07, 6.45) is 6.29. The van der Waals surface area contributed by atoms with Crippen LogP contribution in [0.2, 0.25) is 0 Å². The van der Waals surface area contributed by atoms with Gasteiger partial charge < -0.3 is 0 Å². The van der Waals surface area contributed by atoms with Crippen LogP contribution in [0.3, 0.4) is 0 Å². The summed E-state index contributed by atoms with van der Waals surface area (Å²) in [6, 6.07) is 12.7. The minimum atomic E-state index is 0.204. The molecule has 1 aromatic carbocycles. The van der Waals surface area contributed by atoms with E-state index in [1.54, 1.807) is 6.20 Å². The number of ketones is 1. The lowest BCUT2D eigenvalue weighted by atomic mass is 10.0. The highest BCUT2D eigenvalue weighted by molar-refractivity contribution is 7.99. The average molecular weight is 393 g/mol. The van der Waals surface area contributed by atoms with Gasteiger partial charge in [-0.1, -0.05) is 49.9 Å². The van der Waals surface area contributed by atoms with Gasteiger partial charge in [0.05, 0.1) is 5.75 Å². The molecule has 0 N–H and O–H groups in total. The third-order valence-corrected chi connectivity index (χ3v) is 5.91. The summed E-state index contributed by atoms with van der Waals surface area (Å²) < 4.78 is 2.17.